The van der Waals surface area contributed by atoms with Crippen molar-refractivity contribution in [3.63, 3.8) is 0 Å². The van der Waals surface area contributed by atoms with Gasteiger partial charge in [0.15, 0.2) is 0 Å². The van der Waals surface area contributed by atoms with Crippen molar-refractivity contribution in [2.75, 3.05) is 126 Å². The van der Waals surface area contributed by atoms with Crippen molar-refractivity contribution in [2.45, 2.75) is 66.7 Å². The van der Waals surface area contributed by atoms with Crippen LogP contribution in [-0.2, 0) is 14.3 Å². The van der Waals surface area contributed by atoms with Gasteiger partial charge in [-0.1, -0.05) is 34.6 Å². The van der Waals surface area contributed by atoms with E-state index in [1.54, 1.807) is 0 Å². The number of amides is 1. The second-order valence-corrected chi connectivity index (χ2v) is 9.56. The molecular formula is C30H68N6O3. The average molecular weight is 561 g/mol. The molecule has 0 saturated carbocycles. The standard InChI is InChI=1S/C10H22N2O.C8H16N2O.C8H18N2O.2C2H6/c1-3-11(2)5-4-6-12-7-9-13-10-8-12;1-9-5-3-7-10-6-2-4-8(10)11;1-9-3-2-4-10-5-7-11-8-6-10;2*1-2/h3-10H2,1-2H3;9H,2-7H2,1H3;9H,2-8H2,1H3;2*1-2H3. The first-order chi connectivity index (χ1) is 19.1. The lowest BCUT2D eigenvalue weighted by atomic mass is 10.3. The smallest absolute Gasteiger partial charge is 0.222 e. The summed E-state index contributed by atoms with van der Waals surface area (Å²) in [7, 11) is 6.12. The second-order valence-electron chi connectivity index (χ2n) is 9.56. The summed E-state index contributed by atoms with van der Waals surface area (Å²) in [5, 5.41) is 6.22. The number of nitrogens with zero attached hydrogens (tertiary/aromatic N) is 4. The van der Waals surface area contributed by atoms with Gasteiger partial charge >= 0.3 is 0 Å². The second kappa shape index (κ2) is 31.7. The van der Waals surface area contributed by atoms with Crippen molar-refractivity contribution >= 4 is 5.91 Å². The van der Waals surface area contributed by atoms with E-state index in [9.17, 15) is 4.79 Å². The maximum absolute atomic E-state index is 11.1. The molecule has 0 aromatic rings. The van der Waals surface area contributed by atoms with Gasteiger partial charge in [0.1, 0.15) is 0 Å². The molecule has 3 aliphatic rings. The minimum atomic E-state index is 0.334. The zero-order valence-electron chi connectivity index (χ0n) is 27.4. The van der Waals surface area contributed by atoms with Crippen LogP contribution in [0.2, 0.25) is 0 Å². The molecule has 39 heavy (non-hydrogen) atoms. The summed E-state index contributed by atoms with van der Waals surface area (Å²) < 4.78 is 10.5. The quantitative estimate of drug-likeness (QED) is 0.333. The Hall–Kier alpha value is -0.810. The molecule has 3 saturated heterocycles. The molecule has 0 aromatic carbocycles. The lowest BCUT2D eigenvalue weighted by Gasteiger charge is -2.27. The van der Waals surface area contributed by atoms with Crippen molar-refractivity contribution in [3.05, 3.63) is 0 Å². The van der Waals surface area contributed by atoms with Gasteiger partial charge < -0.3 is 29.9 Å². The Bertz CT molecular complexity index is 489. The van der Waals surface area contributed by atoms with E-state index in [4.69, 9.17) is 9.47 Å². The van der Waals surface area contributed by atoms with Gasteiger partial charge in [-0.3, -0.25) is 14.6 Å². The molecule has 0 aliphatic carbocycles. The largest absolute Gasteiger partial charge is 0.379 e. The Balaban J connectivity index is 0. The van der Waals surface area contributed by atoms with Crippen molar-refractivity contribution in [2.24, 2.45) is 0 Å². The van der Waals surface area contributed by atoms with E-state index in [1.807, 2.05) is 46.7 Å². The lowest BCUT2D eigenvalue weighted by Crippen LogP contribution is -2.37. The maximum atomic E-state index is 11.1. The molecule has 0 unspecified atom stereocenters. The molecule has 3 heterocycles. The number of carbonyl (C=O) groups is 1. The van der Waals surface area contributed by atoms with Crippen molar-refractivity contribution in [3.8, 4) is 0 Å². The molecule has 236 valence electrons. The minimum Gasteiger partial charge on any atom is -0.379 e. The van der Waals surface area contributed by atoms with E-state index < -0.39 is 0 Å². The van der Waals surface area contributed by atoms with Crippen LogP contribution in [0, 0.1) is 0 Å². The summed E-state index contributed by atoms with van der Waals surface area (Å²) in [6.07, 6.45) is 5.42. The zero-order chi connectivity index (χ0) is 29.6. The molecule has 0 radical (unpaired) electrons. The third-order valence-electron chi connectivity index (χ3n) is 6.69. The molecule has 0 spiro atoms. The van der Waals surface area contributed by atoms with Crippen molar-refractivity contribution in [1.29, 1.82) is 0 Å². The summed E-state index contributed by atoms with van der Waals surface area (Å²) >= 11 is 0. The fourth-order valence-electron chi connectivity index (χ4n) is 4.24. The molecule has 0 atom stereocenters. The summed E-state index contributed by atoms with van der Waals surface area (Å²) in [5.74, 6) is 0.334. The Morgan fingerprint density at radius 2 is 1.21 bits per heavy atom. The number of ether oxygens (including phenoxy) is 2. The van der Waals surface area contributed by atoms with Crippen LogP contribution in [0.4, 0.5) is 0 Å². The van der Waals surface area contributed by atoms with E-state index >= 15 is 0 Å². The molecule has 9 nitrogen and oxygen atoms in total. The van der Waals surface area contributed by atoms with Gasteiger partial charge in [0, 0.05) is 45.7 Å². The van der Waals surface area contributed by atoms with E-state index in [0.29, 0.717) is 5.91 Å². The monoisotopic (exact) mass is 561 g/mol. The highest BCUT2D eigenvalue weighted by atomic mass is 16.5. The van der Waals surface area contributed by atoms with Crippen LogP contribution in [0.5, 0.6) is 0 Å². The van der Waals surface area contributed by atoms with Gasteiger partial charge in [-0.25, -0.2) is 0 Å². The fourth-order valence-corrected chi connectivity index (χ4v) is 4.24. The number of hydrogen-bond donors (Lipinski definition) is 2. The predicted octanol–water partition coefficient (Wildman–Crippen LogP) is 2.86. The van der Waals surface area contributed by atoms with Crippen molar-refractivity contribution in [1.82, 2.24) is 30.2 Å². The van der Waals surface area contributed by atoms with Gasteiger partial charge in [-0.15, -0.1) is 0 Å². The summed E-state index contributed by atoms with van der Waals surface area (Å²) in [4.78, 5) is 20.3. The Morgan fingerprint density at radius 3 is 1.62 bits per heavy atom. The van der Waals surface area contributed by atoms with Crippen LogP contribution >= 0.6 is 0 Å². The highest BCUT2D eigenvalue weighted by molar-refractivity contribution is 5.77. The molecule has 2 N–H and O–H groups in total. The topological polar surface area (TPSA) is 72.6 Å². The van der Waals surface area contributed by atoms with E-state index in [2.05, 4.69) is 39.3 Å². The number of rotatable bonds is 13. The van der Waals surface area contributed by atoms with Gasteiger partial charge in [0.2, 0.25) is 5.91 Å². The average Bonchev–Trinajstić information content (AvgIpc) is 3.41. The highest BCUT2D eigenvalue weighted by Crippen LogP contribution is 2.09. The Kier molecular flexibility index (Phi) is 32.8. The number of hydrogen-bond acceptors (Lipinski definition) is 8. The van der Waals surface area contributed by atoms with Crippen LogP contribution in [0.3, 0.4) is 0 Å². The van der Waals surface area contributed by atoms with Crippen LogP contribution in [0.15, 0.2) is 0 Å². The van der Waals surface area contributed by atoms with Crippen LogP contribution in [0.25, 0.3) is 0 Å². The first-order valence-corrected chi connectivity index (χ1v) is 16.0. The first kappa shape index (κ1) is 40.3. The SMILES string of the molecule is CC.CC.CCN(C)CCCN1CCOCC1.CNCCCN1CCCC1=O.CNCCCN1CCOCC1. The summed E-state index contributed by atoms with van der Waals surface area (Å²) in [6.45, 7) is 27.2. The third-order valence-corrected chi connectivity index (χ3v) is 6.69. The molecule has 3 fully saturated rings. The minimum absolute atomic E-state index is 0.334. The zero-order valence-corrected chi connectivity index (χ0v) is 27.4. The van der Waals surface area contributed by atoms with Crippen LogP contribution in [-0.4, -0.2) is 152 Å². The number of likely N-dealkylation sites (tertiary alicyclic amines) is 1. The normalized spacial score (nSPS) is 17.7. The highest BCUT2D eigenvalue weighted by Gasteiger charge is 2.18. The third kappa shape index (κ3) is 24.7. The number of carbonyl (C=O) groups excluding carboxylic acids is 1. The van der Waals surface area contributed by atoms with Gasteiger partial charge in [-0.2, -0.15) is 0 Å². The first-order valence-electron chi connectivity index (χ1n) is 16.0. The Morgan fingerprint density at radius 1 is 0.744 bits per heavy atom. The fraction of sp³-hybridized carbons (Fsp3) is 0.967. The summed E-state index contributed by atoms with van der Waals surface area (Å²) in [6, 6.07) is 0. The molecule has 3 rings (SSSR count). The van der Waals surface area contributed by atoms with Crippen LogP contribution < -0.4 is 10.6 Å². The summed E-state index contributed by atoms with van der Waals surface area (Å²) in [5.41, 5.74) is 0. The van der Waals surface area contributed by atoms with Crippen LogP contribution in [0.1, 0.15) is 66.7 Å². The molecule has 1 amide bonds. The lowest BCUT2D eigenvalue weighted by molar-refractivity contribution is -0.127. The van der Waals surface area contributed by atoms with Gasteiger partial charge in [-0.05, 0) is 86.1 Å². The molecule has 0 aromatic heterocycles. The van der Waals surface area contributed by atoms with E-state index in [0.717, 1.165) is 105 Å². The molecule has 3 aliphatic heterocycles. The van der Waals surface area contributed by atoms with E-state index in [1.165, 1.54) is 32.5 Å². The van der Waals surface area contributed by atoms with Gasteiger partial charge in [0.25, 0.3) is 0 Å². The number of nitrogens with one attached hydrogen (secondary N) is 2. The number of morpholine rings is 2. The Labute approximate surface area is 243 Å². The maximum Gasteiger partial charge on any atom is 0.222 e. The van der Waals surface area contributed by atoms with Crippen molar-refractivity contribution < 1.29 is 14.3 Å². The molecule has 0 bridgehead atoms. The predicted molar refractivity (Wildman–Crippen MR) is 168 cm³/mol. The van der Waals surface area contributed by atoms with Gasteiger partial charge in [0.05, 0.1) is 26.4 Å². The molecular weight excluding hydrogens is 492 g/mol. The molecule has 9 heteroatoms. The van der Waals surface area contributed by atoms with E-state index in [-0.39, 0.29) is 0 Å².